The normalized spacial score (nSPS) is 31.2. The van der Waals surface area contributed by atoms with E-state index in [0.29, 0.717) is 25.4 Å². The van der Waals surface area contributed by atoms with Crippen molar-refractivity contribution >= 4 is 12.0 Å². The van der Waals surface area contributed by atoms with E-state index in [9.17, 15) is 9.59 Å². The quantitative estimate of drug-likeness (QED) is 0.823. The predicted molar refractivity (Wildman–Crippen MR) is 71.9 cm³/mol. The Morgan fingerprint density at radius 2 is 2.05 bits per heavy atom. The summed E-state index contributed by atoms with van der Waals surface area (Å²) in [6.07, 6.45) is 5.94. The number of carbonyl (C=O) groups excluding carboxylic acids is 1. The molecule has 0 aromatic rings. The first-order valence-corrected chi connectivity index (χ1v) is 7.35. The molecule has 2 amide bonds. The Bertz CT molecular complexity index is 346. The number of hydrogen-bond donors (Lipinski definition) is 2. The third-order valence-electron chi connectivity index (χ3n) is 4.39. The molecule has 2 rings (SSSR count). The SMILES string of the molecule is CC1CCC(CNC(=O)N2CCCCC2C(=O)O)C1. The summed E-state index contributed by atoms with van der Waals surface area (Å²) < 4.78 is 0. The number of likely N-dealkylation sites (tertiary alicyclic amines) is 1. The fourth-order valence-electron chi connectivity index (χ4n) is 3.27. The van der Waals surface area contributed by atoms with Crippen LogP contribution in [0.3, 0.4) is 0 Å². The van der Waals surface area contributed by atoms with Crippen LogP contribution in [0, 0.1) is 11.8 Å². The van der Waals surface area contributed by atoms with Crippen LogP contribution in [0.2, 0.25) is 0 Å². The zero-order valence-corrected chi connectivity index (χ0v) is 11.6. The third-order valence-corrected chi connectivity index (χ3v) is 4.39. The second kappa shape index (κ2) is 6.26. The molecule has 0 aromatic carbocycles. The summed E-state index contributed by atoms with van der Waals surface area (Å²) in [4.78, 5) is 24.7. The molecule has 1 aliphatic heterocycles. The second-order valence-corrected chi connectivity index (χ2v) is 6.01. The summed E-state index contributed by atoms with van der Waals surface area (Å²) in [6.45, 7) is 3.49. The van der Waals surface area contributed by atoms with Gasteiger partial charge in [0.05, 0.1) is 0 Å². The van der Waals surface area contributed by atoms with Crippen LogP contribution in [-0.2, 0) is 4.79 Å². The largest absolute Gasteiger partial charge is 0.480 e. The number of nitrogens with one attached hydrogen (secondary N) is 1. The summed E-state index contributed by atoms with van der Waals surface area (Å²) in [6, 6.07) is -0.845. The Morgan fingerprint density at radius 1 is 1.26 bits per heavy atom. The first kappa shape index (κ1) is 14.2. The van der Waals surface area contributed by atoms with Crippen LogP contribution in [0.25, 0.3) is 0 Å². The summed E-state index contributed by atoms with van der Waals surface area (Å²) >= 11 is 0. The van der Waals surface area contributed by atoms with E-state index in [0.717, 1.165) is 18.8 Å². The van der Waals surface area contributed by atoms with E-state index in [1.165, 1.54) is 24.2 Å². The van der Waals surface area contributed by atoms with E-state index >= 15 is 0 Å². The number of hydrogen-bond acceptors (Lipinski definition) is 2. The first-order valence-electron chi connectivity index (χ1n) is 7.35. The third kappa shape index (κ3) is 3.61. The standard InChI is InChI=1S/C14H24N2O3/c1-10-5-6-11(8-10)9-15-14(19)16-7-3-2-4-12(16)13(17)18/h10-12H,2-9H2,1H3,(H,15,19)(H,17,18). The topological polar surface area (TPSA) is 69.6 Å². The minimum atomic E-state index is -0.885. The van der Waals surface area contributed by atoms with Crippen molar-refractivity contribution in [3.8, 4) is 0 Å². The van der Waals surface area contributed by atoms with E-state index in [1.54, 1.807) is 0 Å². The maximum absolute atomic E-state index is 12.1. The first-order chi connectivity index (χ1) is 9.08. The average Bonchev–Trinajstić information content (AvgIpc) is 2.81. The van der Waals surface area contributed by atoms with Crippen molar-refractivity contribution in [3.63, 3.8) is 0 Å². The van der Waals surface area contributed by atoms with Crippen LogP contribution in [-0.4, -0.2) is 41.1 Å². The van der Waals surface area contributed by atoms with Crippen LogP contribution in [0.4, 0.5) is 4.79 Å². The summed E-state index contributed by atoms with van der Waals surface area (Å²) in [5, 5.41) is 12.1. The number of urea groups is 1. The summed E-state index contributed by atoms with van der Waals surface area (Å²) in [7, 11) is 0. The number of piperidine rings is 1. The van der Waals surface area contributed by atoms with Crippen LogP contribution >= 0.6 is 0 Å². The molecular formula is C14H24N2O3. The molecule has 2 fully saturated rings. The molecular weight excluding hydrogens is 244 g/mol. The fraction of sp³-hybridized carbons (Fsp3) is 0.857. The molecule has 0 radical (unpaired) electrons. The zero-order valence-electron chi connectivity index (χ0n) is 11.6. The molecule has 2 N–H and O–H groups in total. The van der Waals surface area contributed by atoms with Gasteiger partial charge in [0.1, 0.15) is 6.04 Å². The Labute approximate surface area is 114 Å². The molecule has 1 saturated carbocycles. The van der Waals surface area contributed by atoms with Crippen molar-refractivity contribution in [2.45, 2.75) is 51.5 Å². The molecule has 108 valence electrons. The number of rotatable bonds is 3. The van der Waals surface area contributed by atoms with E-state index in [-0.39, 0.29) is 6.03 Å². The smallest absolute Gasteiger partial charge is 0.326 e. The van der Waals surface area contributed by atoms with Gasteiger partial charge in [0, 0.05) is 13.1 Å². The Morgan fingerprint density at radius 3 is 2.68 bits per heavy atom. The molecule has 3 unspecified atom stereocenters. The lowest BCUT2D eigenvalue weighted by Gasteiger charge is -2.33. The van der Waals surface area contributed by atoms with E-state index in [4.69, 9.17) is 5.11 Å². The number of carbonyl (C=O) groups is 2. The number of aliphatic carboxylic acids is 1. The second-order valence-electron chi connectivity index (χ2n) is 6.01. The molecule has 5 nitrogen and oxygen atoms in total. The predicted octanol–water partition coefficient (Wildman–Crippen LogP) is 2.07. The number of carboxylic acids is 1. The average molecular weight is 268 g/mol. The highest BCUT2D eigenvalue weighted by molar-refractivity contribution is 5.82. The van der Waals surface area contributed by atoms with Crippen molar-refractivity contribution in [2.24, 2.45) is 11.8 Å². The molecule has 1 heterocycles. The Hall–Kier alpha value is -1.26. The van der Waals surface area contributed by atoms with Gasteiger partial charge in [-0.05, 0) is 43.9 Å². The van der Waals surface area contributed by atoms with Crippen LogP contribution < -0.4 is 5.32 Å². The number of carboxylic acid groups (broad SMARTS) is 1. The monoisotopic (exact) mass is 268 g/mol. The van der Waals surface area contributed by atoms with Gasteiger partial charge in [-0.15, -0.1) is 0 Å². The maximum Gasteiger partial charge on any atom is 0.326 e. The van der Waals surface area contributed by atoms with Crippen molar-refractivity contribution < 1.29 is 14.7 Å². The minimum Gasteiger partial charge on any atom is -0.480 e. The van der Waals surface area contributed by atoms with Gasteiger partial charge in [-0.25, -0.2) is 9.59 Å². The van der Waals surface area contributed by atoms with Crippen molar-refractivity contribution in [1.29, 1.82) is 0 Å². The van der Waals surface area contributed by atoms with Gasteiger partial charge in [0.25, 0.3) is 0 Å². The minimum absolute atomic E-state index is 0.202. The highest BCUT2D eigenvalue weighted by Crippen LogP contribution is 2.29. The maximum atomic E-state index is 12.1. The lowest BCUT2D eigenvalue weighted by atomic mass is 10.0. The highest BCUT2D eigenvalue weighted by atomic mass is 16.4. The van der Waals surface area contributed by atoms with Crippen LogP contribution in [0.1, 0.15) is 45.4 Å². The molecule has 2 aliphatic rings. The zero-order chi connectivity index (χ0) is 13.8. The van der Waals surface area contributed by atoms with Gasteiger partial charge >= 0.3 is 12.0 Å². The molecule has 1 saturated heterocycles. The summed E-state index contributed by atoms with van der Waals surface area (Å²) in [5.74, 6) is 0.431. The molecule has 5 heteroatoms. The summed E-state index contributed by atoms with van der Waals surface area (Å²) in [5.41, 5.74) is 0. The van der Waals surface area contributed by atoms with Gasteiger partial charge in [0.15, 0.2) is 0 Å². The highest BCUT2D eigenvalue weighted by Gasteiger charge is 2.32. The molecule has 0 bridgehead atoms. The fourth-order valence-corrected chi connectivity index (χ4v) is 3.27. The van der Waals surface area contributed by atoms with E-state index in [1.807, 2.05) is 0 Å². The van der Waals surface area contributed by atoms with Gasteiger partial charge in [-0.3, -0.25) is 0 Å². The molecule has 3 atom stereocenters. The van der Waals surface area contributed by atoms with Crippen molar-refractivity contribution in [3.05, 3.63) is 0 Å². The van der Waals surface area contributed by atoms with E-state index < -0.39 is 12.0 Å². The molecule has 0 aromatic heterocycles. The molecule has 0 spiro atoms. The number of amides is 2. The molecule has 1 aliphatic carbocycles. The van der Waals surface area contributed by atoms with Crippen LogP contribution in [0.15, 0.2) is 0 Å². The van der Waals surface area contributed by atoms with Gasteiger partial charge in [-0.2, -0.15) is 0 Å². The van der Waals surface area contributed by atoms with Gasteiger partial charge in [-0.1, -0.05) is 13.3 Å². The Balaban J connectivity index is 1.82. The lowest BCUT2D eigenvalue weighted by molar-refractivity contribution is -0.143. The van der Waals surface area contributed by atoms with Gasteiger partial charge in [0.2, 0.25) is 0 Å². The van der Waals surface area contributed by atoms with E-state index in [2.05, 4.69) is 12.2 Å². The Kier molecular flexibility index (Phi) is 4.66. The lowest BCUT2D eigenvalue weighted by Crippen LogP contribution is -2.52. The van der Waals surface area contributed by atoms with Crippen LogP contribution in [0.5, 0.6) is 0 Å². The number of nitrogens with zero attached hydrogens (tertiary/aromatic N) is 1. The van der Waals surface area contributed by atoms with Crippen molar-refractivity contribution in [1.82, 2.24) is 10.2 Å². The molecule has 19 heavy (non-hydrogen) atoms. The van der Waals surface area contributed by atoms with Gasteiger partial charge < -0.3 is 15.3 Å². The van der Waals surface area contributed by atoms with Crippen molar-refractivity contribution in [2.75, 3.05) is 13.1 Å².